The maximum absolute atomic E-state index is 9.17. The van der Waals surface area contributed by atoms with Crippen molar-refractivity contribution in [1.29, 1.82) is 0 Å². The first-order valence-corrected chi connectivity index (χ1v) is 6.09. The Labute approximate surface area is 107 Å². The van der Waals surface area contributed by atoms with Gasteiger partial charge in [0.1, 0.15) is 5.82 Å². The summed E-state index contributed by atoms with van der Waals surface area (Å²) in [5, 5.41) is 12.4. The second kappa shape index (κ2) is 6.12. The number of aliphatic hydroxyl groups is 1. The van der Waals surface area contributed by atoms with E-state index < -0.39 is 0 Å². The number of benzene rings is 1. The molecule has 0 aliphatic heterocycles. The van der Waals surface area contributed by atoms with Crippen LogP contribution in [0.3, 0.4) is 0 Å². The second-order valence-electron chi connectivity index (χ2n) is 4.06. The third kappa shape index (κ3) is 3.05. The lowest BCUT2D eigenvalue weighted by Gasteiger charge is -2.14. The Kier molecular flexibility index (Phi) is 4.25. The Morgan fingerprint density at radius 1 is 1.22 bits per heavy atom. The number of aromatic nitrogens is 2. The lowest BCUT2D eigenvalue weighted by Crippen LogP contribution is -2.23. The van der Waals surface area contributed by atoms with Crippen LogP contribution in [0.15, 0.2) is 42.6 Å². The summed E-state index contributed by atoms with van der Waals surface area (Å²) in [4.78, 5) is 8.70. The molecule has 0 unspecified atom stereocenters. The summed E-state index contributed by atoms with van der Waals surface area (Å²) in [6.45, 7) is 2.12. The molecular weight excluding hydrogens is 226 g/mol. The molecule has 2 aromatic rings. The lowest BCUT2D eigenvalue weighted by molar-refractivity contribution is 0.271. The van der Waals surface area contributed by atoms with Gasteiger partial charge in [0.05, 0.1) is 12.6 Å². The van der Waals surface area contributed by atoms with E-state index in [0.29, 0.717) is 5.82 Å². The van der Waals surface area contributed by atoms with E-state index in [9.17, 15) is 0 Å². The summed E-state index contributed by atoms with van der Waals surface area (Å²) in [7, 11) is 0. The van der Waals surface area contributed by atoms with Crippen molar-refractivity contribution in [1.82, 2.24) is 9.97 Å². The SMILES string of the molecule is CC[C@@H](CO)Nc1ccnc(-c2ccccc2)n1. The van der Waals surface area contributed by atoms with Crippen molar-refractivity contribution in [3.63, 3.8) is 0 Å². The number of nitrogens with zero attached hydrogens (tertiary/aromatic N) is 2. The van der Waals surface area contributed by atoms with Gasteiger partial charge in [0.2, 0.25) is 0 Å². The molecule has 0 fully saturated rings. The Bertz CT molecular complexity index is 483. The van der Waals surface area contributed by atoms with Crippen molar-refractivity contribution in [3.05, 3.63) is 42.6 Å². The van der Waals surface area contributed by atoms with E-state index in [-0.39, 0.29) is 12.6 Å². The van der Waals surface area contributed by atoms with E-state index in [4.69, 9.17) is 5.11 Å². The zero-order chi connectivity index (χ0) is 12.8. The van der Waals surface area contributed by atoms with Crippen LogP contribution in [-0.2, 0) is 0 Å². The minimum Gasteiger partial charge on any atom is -0.394 e. The van der Waals surface area contributed by atoms with Crippen molar-refractivity contribution < 1.29 is 5.11 Å². The molecule has 0 saturated carbocycles. The van der Waals surface area contributed by atoms with Gasteiger partial charge in [0, 0.05) is 11.8 Å². The summed E-state index contributed by atoms with van der Waals surface area (Å²) in [6, 6.07) is 11.7. The summed E-state index contributed by atoms with van der Waals surface area (Å²) in [5.74, 6) is 1.43. The van der Waals surface area contributed by atoms with Gasteiger partial charge in [0.15, 0.2) is 5.82 Å². The minimum atomic E-state index is 0.0310. The number of anilines is 1. The first kappa shape index (κ1) is 12.5. The van der Waals surface area contributed by atoms with Crippen LogP contribution in [-0.4, -0.2) is 27.7 Å². The lowest BCUT2D eigenvalue weighted by atomic mass is 10.2. The smallest absolute Gasteiger partial charge is 0.161 e. The molecule has 0 amide bonds. The molecule has 0 bridgehead atoms. The zero-order valence-corrected chi connectivity index (χ0v) is 10.4. The van der Waals surface area contributed by atoms with Crippen LogP contribution in [0, 0.1) is 0 Å². The minimum absolute atomic E-state index is 0.0310. The van der Waals surface area contributed by atoms with Crippen LogP contribution in [0.25, 0.3) is 11.4 Å². The molecule has 4 nitrogen and oxygen atoms in total. The maximum Gasteiger partial charge on any atom is 0.161 e. The van der Waals surface area contributed by atoms with Crippen molar-refractivity contribution in [2.45, 2.75) is 19.4 Å². The highest BCUT2D eigenvalue weighted by atomic mass is 16.3. The van der Waals surface area contributed by atoms with Gasteiger partial charge in [-0.05, 0) is 12.5 Å². The molecule has 18 heavy (non-hydrogen) atoms. The summed E-state index contributed by atoms with van der Waals surface area (Å²) in [5.41, 5.74) is 0.984. The fourth-order valence-electron chi connectivity index (χ4n) is 1.65. The Hall–Kier alpha value is -1.94. The molecule has 0 saturated heterocycles. The molecule has 0 aliphatic rings. The standard InChI is InChI=1S/C14H17N3O/c1-2-12(10-18)16-13-8-9-15-14(17-13)11-6-4-3-5-7-11/h3-9,12,18H,2,10H2,1H3,(H,15,16,17)/t12-/m0/s1. The molecular formula is C14H17N3O. The highest BCUT2D eigenvalue weighted by molar-refractivity contribution is 5.56. The predicted octanol–water partition coefficient (Wildman–Crippen LogP) is 2.33. The van der Waals surface area contributed by atoms with Crippen molar-refractivity contribution >= 4 is 5.82 Å². The summed E-state index contributed by atoms with van der Waals surface area (Å²) in [6.07, 6.45) is 2.57. The van der Waals surface area contributed by atoms with E-state index in [0.717, 1.165) is 17.8 Å². The van der Waals surface area contributed by atoms with Crippen LogP contribution >= 0.6 is 0 Å². The Balaban J connectivity index is 2.20. The molecule has 0 radical (unpaired) electrons. The normalized spacial score (nSPS) is 12.1. The molecule has 1 atom stereocenters. The van der Waals surface area contributed by atoms with Crippen LogP contribution < -0.4 is 5.32 Å². The van der Waals surface area contributed by atoms with Crippen LogP contribution in [0.2, 0.25) is 0 Å². The van der Waals surface area contributed by atoms with Crippen molar-refractivity contribution in [3.8, 4) is 11.4 Å². The number of hydrogen-bond donors (Lipinski definition) is 2. The van der Waals surface area contributed by atoms with Gasteiger partial charge >= 0.3 is 0 Å². The zero-order valence-electron chi connectivity index (χ0n) is 10.4. The van der Waals surface area contributed by atoms with E-state index in [2.05, 4.69) is 15.3 Å². The average Bonchev–Trinajstić information content (AvgIpc) is 2.46. The van der Waals surface area contributed by atoms with Gasteiger partial charge in [0.25, 0.3) is 0 Å². The van der Waals surface area contributed by atoms with Gasteiger partial charge in [-0.2, -0.15) is 0 Å². The molecule has 1 aromatic heterocycles. The second-order valence-corrected chi connectivity index (χ2v) is 4.06. The fraction of sp³-hybridized carbons (Fsp3) is 0.286. The maximum atomic E-state index is 9.17. The molecule has 1 heterocycles. The van der Waals surface area contributed by atoms with E-state index in [1.807, 2.05) is 43.3 Å². The van der Waals surface area contributed by atoms with E-state index in [1.165, 1.54) is 0 Å². The molecule has 94 valence electrons. The van der Waals surface area contributed by atoms with E-state index in [1.54, 1.807) is 6.20 Å². The number of nitrogens with one attached hydrogen (secondary N) is 1. The number of aliphatic hydroxyl groups excluding tert-OH is 1. The van der Waals surface area contributed by atoms with Crippen LogP contribution in [0.4, 0.5) is 5.82 Å². The molecule has 1 aromatic carbocycles. The van der Waals surface area contributed by atoms with Crippen LogP contribution in [0.1, 0.15) is 13.3 Å². The van der Waals surface area contributed by atoms with Gasteiger partial charge in [-0.15, -0.1) is 0 Å². The topological polar surface area (TPSA) is 58.0 Å². The largest absolute Gasteiger partial charge is 0.394 e. The first-order valence-electron chi connectivity index (χ1n) is 6.09. The molecule has 0 spiro atoms. The van der Waals surface area contributed by atoms with Crippen molar-refractivity contribution in [2.75, 3.05) is 11.9 Å². The third-order valence-corrected chi connectivity index (χ3v) is 2.75. The van der Waals surface area contributed by atoms with Gasteiger partial charge in [-0.1, -0.05) is 37.3 Å². The van der Waals surface area contributed by atoms with Gasteiger partial charge in [-0.25, -0.2) is 9.97 Å². The number of rotatable bonds is 5. The first-order chi connectivity index (χ1) is 8.83. The monoisotopic (exact) mass is 243 g/mol. The van der Waals surface area contributed by atoms with Crippen molar-refractivity contribution in [2.24, 2.45) is 0 Å². The highest BCUT2D eigenvalue weighted by Gasteiger charge is 2.06. The fourth-order valence-corrected chi connectivity index (χ4v) is 1.65. The Morgan fingerprint density at radius 3 is 2.67 bits per heavy atom. The van der Waals surface area contributed by atoms with E-state index >= 15 is 0 Å². The van der Waals surface area contributed by atoms with Gasteiger partial charge in [-0.3, -0.25) is 0 Å². The van der Waals surface area contributed by atoms with Crippen LogP contribution in [0.5, 0.6) is 0 Å². The average molecular weight is 243 g/mol. The molecule has 2 rings (SSSR count). The molecule has 2 N–H and O–H groups in total. The predicted molar refractivity (Wildman–Crippen MR) is 72.3 cm³/mol. The summed E-state index contributed by atoms with van der Waals surface area (Å²) < 4.78 is 0. The highest BCUT2D eigenvalue weighted by Crippen LogP contribution is 2.16. The molecule has 0 aliphatic carbocycles. The van der Waals surface area contributed by atoms with Gasteiger partial charge < -0.3 is 10.4 Å². The quantitative estimate of drug-likeness (QED) is 0.846. The molecule has 4 heteroatoms. The third-order valence-electron chi connectivity index (χ3n) is 2.75. The number of hydrogen-bond acceptors (Lipinski definition) is 4. The Morgan fingerprint density at radius 2 is 2.00 bits per heavy atom. The summed E-state index contributed by atoms with van der Waals surface area (Å²) >= 11 is 0.